The largest absolute Gasteiger partial charge is 0.354 e. The first kappa shape index (κ1) is 11.5. The Bertz CT molecular complexity index is 485. The molecule has 4 heteroatoms. The Morgan fingerprint density at radius 2 is 2.00 bits per heavy atom. The molecule has 1 aromatic heterocycles. The van der Waals surface area contributed by atoms with Gasteiger partial charge in [0.1, 0.15) is 5.69 Å². The number of benzene rings is 1. The Kier molecular flexibility index (Phi) is 3.65. The summed E-state index contributed by atoms with van der Waals surface area (Å²) in [5.74, 6) is 0.0605. The van der Waals surface area contributed by atoms with E-state index < -0.39 is 5.82 Å². The summed E-state index contributed by atoms with van der Waals surface area (Å²) in [7, 11) is 0. The standard InChI is InChI=1S/C13H14FN3/c1-2-8-15-13-16-9-11(14)12(17-13)10-6-4-3-5-7-10/h3-7,9H,2,8H2,1H3,(H,15,16,17). The lowest BCUT2D eigenvalue weighted by molar-refractivity contribution is 0.618. The van der Waals surface area contributed by atoms with Gasteiger partial charge in [-0.1, -0.05) is 37.3 Å². The van der Waals surface area contributed by atoms with Gasteiger partial charge in [-0.2, -0.15) is 0 Å². The van der Waals surface area contributed by atoms with Crippen molar-refractivity contribution in [3.8, 4) is 11.3 Å². The highest BCUT2D eigenvalue weighted by atomic mass is 19.1. The SMILES string of the molecule is CCCNc1ncc(F)c(-c2ccccc2)n1. The van der Waals surface area contributed by atoms with Crippen LogP contribution in [0.1, 0.15) is 13.3 Å². The fourth-order valence-electron chi connectivity index (χ4n) is 1.49. The third-order valence-electron chi connectivity index (χ3n) is 2.32. The minimum Gasteiger partial charge on any atom is -0.354 e. The van der Waals surface area contributed by atoms with Gasteiger partial charge in [0, 0.05) is 12.1 Å². The van der Waals surface area contributed by atoms with E-state index in [9.17, 15) is 4.39 Å². The Morgan fingerprint density at radius 3 is 2.71 bits per heavy atom. The first-order valence-electron chi connectivity index (χ1n) is 5.63. The monoisotopic (exact) mass is 231 g/mol. The van der Waals surface area contributed by atoms with Gasteiger partial charge < -0.3 is 5.32 Å². The fraction of sp³-hybridized carbons (Fsp3) is 0.231. The maximum Gasteiger partial charge on any atom is 0.223 e. The summed E-state index contributed by atoms with van der Waals surface area (Å²) in [5, 5.41) is 3.04. The summed E-state index contributed by atoms with van der Waals surface area (Å²) in [6, 6.07) is 9.26. The van der Waals surface area contributed by atoms with Crippen LogP contribution in [0.25, 0.3) is 11.3 Å². The molecule has 0 spiro atoms. The molecular formula is C13H14FN3. The molecule has 0 aliphatic carbocycles. The molecule has 1 N–H and O–H groups in total. The van der Waals surface area contributed by atoms with Crippen molar-refractivity contribution >= 4 is 5.95 Å². The predicted molar refractivity (Wildman–Crippen MR) is 66.2 cm³/mol. The molecule has 0 saturated heterocycles. The minimum absolute atomic E-state index is 0.333. The van der Waals surface area contributed by atoms with Crippen LogP contribution in [0.15, 0.2) is 36.5 Å². The molecule has 0 atom stereocenters. The highest BCUT2D eigenvalue weighted by Gasteiger charge is 2.08. The van der Waals surface area contributed by atoms with Crippen molar-refractivity contribution < 1.29 is 4.39 Å². The predicted octanol–water partition coefficient (Wildman–Crippen LogP) is 3.10. The summed E-state index contributed by atoms with van der Waals surface area (Å²) in [6.07, 6.45) is 2.18. The van der Waals surface area contributed by atoms with Crippen LogP contribution in [0.4, 0.5) is 10.3 Å². The lowest BCUT2D eigenvalue weighted by Gasteiger charge is -2.06. The second kappa shape index (κ2) is 5.39. The van der Waals surface area contributed by atoms with Crippen molar-refractivity contribution in [2.24, 2.45) is 0 Å². The molecule has 1 heterocycles. The van der Waals surface area contributed by atoms with E-state index in [1.807, 2.05) is 30.3 Å². The number of hydrogen-bond acceptors (Lipinski definition) is 3. The Morgan fingerprint density at radius 1 is 1.24 bits per heavy atom. The van der Waals surface area contributed by atoms with Crippen molar-refractivity contribution in [1.82, 2.24) is 9.97 Å². The second-order valence-corrected chi connectivity index (χ2v) is 3.68. The zero-order valence-electron chi connectivity index (χ0n) is 9.65. The van der Waals surface area contributed by atoms with Crippen LogP contribution in [0.2, 0.25) is 0 Å². The molecule has 0 saturated carbocycles. The van der Waals surface area contributed by atoms with E-state index in [4.69, 9.17) is 0 Å². The van der Waals surface area contributed by atoms with Gasteiger partial charge in [0.05, 0.1) is 6.20 Å². The summed E-state index contributed by atoms with van der Waals surface area (Å²) < 4.78 is 13.6. The van der Waals surface area contributed by atoms with Gasteiger partial charge in [-0.15, -0.1) is 0 Å². The molecule has 2 aromatic rings. The fourth-order valence-corrected chi connectivity index (χ4v) is 1.49. The maximum atomic E-state index is 13.6. The summed E-state index contributed by atoms with van der Waals surface area (Å²) >= 11 is 0. The van der Waals surface area contributed by atoms with E-state index in [1.54, 1.807) is 0 Å². The van der Waals surface area contributed by atoms with Crippen molar-refractivity contribution in [2.75, 3.05) is 11.9 Å². The zero-order chi connectivity index (χ0) is 12.1. The number of anilines is 1. The smallest absolute Gasteiger partial charge is 0.223 e. The van der Waals surface area contributed by atoms with Crippen molar-refractivity contribution in [3.05, 3.63) is 42.3 Å². The van der Waals surface area contributed by atoms with Crippen LogP contribution in [-0.4, -0.2) is 16.5 Å². The van der Waals surface area contributed by atoms with Gasteiger partial charge in [0.25, 0.3) is 0 Å². The highest BCUT2D eigenvalue weighted by molar-refractivity contribution is 5.60. The Labute approximate surface area is 99.7 Å². The first-order chi connectivity index (χ1) is 8.31. The maximum absolute atomic E-state index is 13.6. The summed E-state index contributed by atoms with van der Waals surface area (Å²) in [5.41, 5.74) is 1.09. The van der Waals surface area contributed by atoms with Gasteiger partial charge >= 0.3 is 0 Å². The zero-order valence-corrected chi connectivity index (χ0v) is 9.65. The van der Waals surface area contributed by atoms with Gasteiger partial charge in [0.2, 0.25) is 5.95 Å². The van der Waals surface area contributed by atoms with Gasteiger partial charge in [-0.25, -0.2) is 14.4 Å². The number of hydrogen-bond donors (Lipinski definition) is 1. The molecule has 2 rings (SSSR count). The summed E-state index contributed by atoms with van der Waals surface area (Å²) in [6.45, 7) is 2.83. The molecule has 0 fully saturated rings. The van der Waals surface area contributed by atoms with E-state index in [-0.39, 0.29) is 0 Å². The van der Waals surface area contributed by atoms with E-state index in [2.05, 4.69) is 22.2 Å². The number of rotatable bonds is 4. The van der Waals surface area contributed by atoms with E-state index in [0.29, 0.717) is 11.6 Å². The van der Waals surface area contributed by atoms with Gasteiger partial charge in [-0.3, -0.25) is 0 Å². The number of halogens is 1. The molecule has 0 amide bonds. The molecule has 88 valence electrons. The quantitative estimate of drug-likeness (QED) is 0.878. The van der Waals surface area contributed by atoms with Gasteiger partial charge in [0.15, 0.2) is 5.82 Å². The first-order valence-corrected chi connectivity index (χ1v) is 5.63. The Balaban J connectivity index is 2.33. The average molecular weight is 231 g/mol. The highest BCUT2D eigenvalue weighted by Crippen LogP contribution is 2.20. The topological polar surface area (TPSA) is 37.8 Å². The lowest BCUT2D eigenvalue weighted by Crippen LogP contribution is -2.05. The van der Waals surface area contributed by atoms with Crippen molar-refractivity contribution in [1.29, 1.82) is 0 Å². The van der Waals surface area contributed by atoms with E-state index >= 15 is 0 Å². The molecular weight excluding hydrogens is 217 g/mol. The van der Waals surface area contributed by atoms with Crippen LogP contribution < -0.4 is 5.32 Å². The van der Waals surface area contributed by atoms with Crippen LogP contribution in [0.5, 0.6) is 0 Å². The second-order valence-electron chi connectivity index (χ2n) is 3.68. The third kappa shape index (κ3) is 2.78. The average Bonchev–Trinajstić information content (AvgIpc) is 2.39. The molecule has 3 nitrogen and oxygen atoms in total. The van der Waals surface area contributed by atoms with Crippen LogP contribution in [-0.2, 0) is 0 Å². The minimum atomic E-state index is -0.404. The van der Waals surface area contributed by atoms with Crippen LogP contribution in [0, 0.1) is 5.82 Å². The molecule has 17 heavy (non-hydrogen) atoms. The molecule has 1 aromatic carbocycles. The molecule has 0 unspecified atom stereocenters. The van der Waals surface area contributed by atoms with Crippen molar-refractivity contribution in [3.63, 3.8) is 0 Å². The van der Waals surface area contributed by atoms with Crippen LogP contribution in [0.3, 0.4) is 0 Å². The Hall–Kier alpha value is -1.97. The van der Waals surface area contributed by atoms with Crippen LogP contribution >= 0.6 is 0 Å². The van der Waals surface area contributed by atoms with Gasteiger partial charge in [-0.05, 0) is 6.42 Å². The number of nitrogens with zero attached hydrogens (tertiary/aromatic N) is 2. The normalized spacial score (nSPS) is 10.2. The lowest BCUT2D eigenvalue weighted by atomic mass is 10.1. The summed E-state index contributed by atoms with van der Waals surface area (Å²) in [4.78, 5) is 8.09. The van der Waals surface area contributed by atoms with Crippen molar-refractivity contribution in [2.45, 2.75) is 13.3 Å². The molecule has 0 aliphatic rings. The van der Waals surface area contributed by atoms with E-state index in [0.717, 1.165) is 18.5 Å². The molecule has 0 radical (unpaired) electrons. The number of aromatic nitrogens is 2. The molecule has 0 bridgehead atoms. The number of nitrogens with one attached hydrogen (secondary N) is 1. The third-order valence-corrected chi connectivity index (χ3v) is 2.32. The molecule has 0 aliphatic heterocycles. The van der Waals surface area contributed by atoms with E-state index in [1.165, 1.54) is 6.20 Å².